The summed E-state index contributed by atoms with van der Waals surface area (Å²) < 4.78 is 29.5. The topological polar surface area (TPSA) is 67.3 Å². The first-order valence-electron chi connectivity index (χ1n) is 2.90. The standard InChI is InChI=1S/C6H7NO3S.FH/c1-5-2-3-7-6(4-5)11(8,9)10;/h2-4H,1H3,(H,8,9,10);1H. The molecule has 0 radical (unpaired) electrons. The highest BCUT2D eigenvalue weighted by Gasteiger charge is 2.09. The van der Waals surface area contributed by atoms with Crippen LogP contribution in [0.2, 0.25) is 0 Å². The van der Waals surface area contributed by atoms with Gasteiger partial charge in [-0.25, -0.2) is 4.98 Å². The molecule has 0 fully saturated rings. The van der Waals surface area contributed by atoms with E-state index >= 15 is 0 Å². The second kappa shape index (κ2) is 3.59. The maximum atomic E-state index is 10.5. The van der Waals surface area contributed by atoms with Gasteiger partial charge in [0.1, 0.15) is 0 Å². The lowest BCUT2D eigenvalue weighted by molar-refractivity contribution is 0.479. The number of hydrogen-bond donors (Lipinski definition) is 1. The van der Waals surface area contributed by atoms with E-state index in [1.54, 1.807) is 13.0 Å². The molecule has 1 aromatic rings. The van der Waals surface area contributed by atoms with Gasteiger partial charge >= 0.3 is 10.1 Å². The van der Waals surface area contributed by atoms with Crippen LogP contribution in [0.4, 0.5) is 4.70 Å². The van der Waals surface area contributed by atoms with Gasteiger partial charge in [0.25, 0.3) is 0 Å². The van der Waals surface area contributed by atoms with Crippen molar-refractivity contribution in [2.75, 3.05) is 0 Å². The van der Waals surface area contributed by atoms with Gasteiger partial charge in [-0.2, -0.15) is 8.42 Å². The Balaban J connectivity index is 0.00000121. The van der Waals surface area contributed by atoms with Crippen molar-refractivity contribution in [3.8, 4) is 0 Å². The maximum absolute atomic E-state index is 10.5. The Labute approximate surface area is 69.4 Å². The molecule has 12 heavy (non-hydrogen) atoms. The molecule has 6 heteroatoms. The molecule has 0 aliphatic rings. The highest BCUT2D eigenvalue weighted by Crippen LogP contribution is 2.05. The minimum atomic E-state index is -4.14. The fraction of sp³-hybridized carbons (Fsp3) is 0.167. The summed E-state index contributed by atoms with van der Waals surface area (Å²) in [4.78, 5) is 3.47. The molecule has 0 aromatic carbocycles. The smallest absolute Gasteiger partial charge is 0.281 e. The Hall–Kier alpha value is -1.01. The second-order valence-corrected chi connectivity index (χ2v) is 3.51. The Bertz CT molecular complexity index is 363. The van der Waals surface area contributed by atoms with E-state index in [4.69, 9.17) is 4.55 Å². The average molecular weight is 193 g/mol. The molecule has 0 spiro atoms. The van der Waals surface area contributed by atoms with Crippen molar-refractivity contribution in [3.63, 3.8) is 0 Å². The number of nitrogens with zero attached hydrogens (tertiary/aromatic N) is 1. The average Bonchev–Trinajstić information content (AvgIpc) is 1.86. The molecule has 0 aliphatic heterocycles. The van der Waals surface area contributed by atoms with Crippen molar-refractivity contribution in [2.45, 2.75) is 11.9 Å². The van der Waals surface area contributed by atoms with Gasteiger partial charge in [0.05, 0.1) is 0 Å². The van der Waals surface area contributed by atoms with Crippen LogP contribution in [0.3, 0.4) is 0 Å². The molecule has 1 rings (SSSR count). The van der Waals surface area contributed by atoms with Crippen LogP contribution in [0.25, 0.3) is 0 Å². The molecule has 0 atom stereocenters. The van der Waals surface area contributed by atoms with E-state index in [1.165, 1.54) is 12.3 Å². The van der Waals surface area contributed by atoms with E-state index < -0.39 is 10.1 Å². The normalized spacial score (nSPS) is 10.5. The molecule has 68 valence electrons. The van der Waals surface area contributed by atoms with Gasteiger partial charge in [0.2, 0.25) is 0 Å². The number of halogens is 1. The minimum Gasteiger partial charge on any atom is -0.281 e. The molecule has 0 aliphatic carbocycles. The first-order valence-corrected chi connectivity index (χ1v) is 4.34. The van der Waals surface area contributed by atoms with E-state index in [0.717, 1.165) is 5.56 Å². The fourth-order valence-electron chi connectivity index (χ4n) is 0.650. The highest BCUT2D eigenvalue weighted by molar-refractivity contribution is 7.85. The van der Waals surface area contributed by atoms with Gasteiger partial charge in [-0.15, -0.1) is 0 Å². The number of rotatable bonds is 1. The summed E-state index contributed by atoms with van der Waals surface area (Å²) in [5.41, 5.74) is 0.743. The van der Waals surface area contributed by atoms with Gasteiger partial charge in [0, 0.05) is 6.20 Å². The fourth-order valence-corrected chi connectivity index (χ4v) is 1.18. The number of aromatic nitrogens is 1. The van der Waals surface area contributed by atoms with Gasteiger partial charge in [-0.05, 0) is 24.6 Å². The van der Waals surface area contributed by atoms with Gasteiger partial charge in [-0.3, -0.25) is 9.26 Å². The molecular weight excluding hydrogens is 185 g/mol. The third-order valence-electron chi connectivity index (χ3n) is 1.15. The molecule has 0 unspecified atom stereocenters. The molecular formula is C6H8FNO3S. The molecule has 0 amide bonds. The Morgan fingerprint density at radius 1 is 1.50 bits per heavy atom. The van der Waals surface area contributed by atoms with E-state index in [-0.39, 0.29) is 9.73 Å². The number of hydrogen-bond acceptors (Lipinski definition) is 3. The summed E-state index contributed by atoms with van der Waals surface area (Å²) in [6.45, 7) is 1.72. The van der Waals surface area contributed by atoms with Gasteiger partial charge < -0.3 is 0 Å². The SMILES string of the molecule is Cc1ccnc(S(=O)(=O)O)c1.F. The molecule has 4 nitrogen and oxygen atoms in total. The Kier molecular flexibility index (Phi) is 3.29. The Morgan fingerprint density at radius 3 is 2.42 bits per heavy atom. The Morgan fingerprint density at radius 2 is 2.08 bits per heavy atom. The third kappa shape index (κ3) is 2.55. The van der Waals surface area contributed by atoms with Crippen LogP contribution < -0.4 is 0 Å². The van der Waals surface area contributed by atoms with E-state index in [9.17, 15) is 8.42 Å². The van der Waals surface area contributed by atoms with Gasteiger partial charge in [0.15, 0.2) is 5.03 Å². The first kappa shape index (κ1) is 11.0. The van der Waals surface area contributed by atoms with Crippen molar-refractivity contribution >= 4 is 10.1 Å². The quantitative estimate of drug-likeness (QED) is 0.669. The third-order valence-corrected chi connectivity index (χ3v) is 1.91. The highest BCUT2D eigenvalue weighted by atomic mass is 32.2. The molecule has 0 saturated carbocycles. The van der Waals surface area contributed by atoms with Crippen LogP contribution >= 0.6 is 0 Å². The monoisotopic (exact) mass is 193 g/mol. The predicted octanol–water partition coefficient (Wildman–Crippen LogP) is 0.789. The lowest BCUT2D eigenvalue weighted by atomic mass is 10.3. The largest absolute Gasteiger partial charge is 0.312 e. The van der Waals surface area contributed by atoms with Gasteiger partial charge in [-0.1, -0.05) is 0 Å². The van der Waals surface area contributed by atoms with Crippen LogP contribution in [0.15, 0.2) is 23.4 Å². The lowest BCUT2D eigenvalue weighted by Crippen LogP contribution is -2.00. The number of aryl methyl sites for hydroxylation is 1. The van der Waals surface area contributed by atoms with Crippen molar-refractivity contribution in [1.29, 1.82) is 0 Å². The van der Waals surface area contributed by atoms with Crippen molar-refractivity contribution in [3.05, 3.63) is 23.9 Å². The first-order chi connectivity index (χ1) is 5.00. The molecule has 1 heterocycles. The molecule has 0 saturated heterocycles. The van der Waals surface area contributed by atoms with Crippen LogP contribution in [-0.4, -0.2) is 18.0 Å². The zero-order chi connectivity index (χ0) is 8.48. The molecule has 1 N–H and O–H groups in total. The van der Waals surface area contributed by atoms with E-state index in [0.29, 0.717) is 0 Å². The van der Waals surface area contributed by atoms with Crippen molar-refractivity contribution in [1.82, 2.24) is 4.98 Å². The zero-order valence-corrected chi connectivity index (χ0v) is 7.08. The summed E-state index contributed by atoms with van der Waals surface area (Å²) in [7, 11) is -4.14. The second-order valence-electron chi connectivity index (χ2n) is 2.15. The summed E-state index contributed by atoms with van der Waals surface area (Å²) in [5.74, 6) is 0. The minimum absolute atomic E-state index is 0. The van der Waals surface area contributed by atoms with Crippen LogP contribution in [0, 0.1) is 6.92 Å². The van der Waals surface area contributed by atoms with Crippen molar-refractivity contribution < 1.29 is 17.7 Å². The zero-order valence-electron chi connectivity index (χ0n) is 6.26. The van der Waals surface area contributed by atoms with E-state index in [1.807, 2.05) is 0 Å². The number of pyridine rings is 1. The van der Waals surface area contributed by atoms with Crippen LogP contribution in [0.5, 0.6) is 0 Å². The lowest BCUT2D eigenvalue weighted by Gasteiger charge is -1.95. The summed E-state index contributed by atoms with van der Waals surface area (Å²) in [6, 6.07) is 2.95. The van der Waals surface area contributed by atoms with E-state index in [2.05, 4.69) is 4.98 Å². The van der Waals surface area contributed by atoms with Crippen LogP contribution in [-0.2, 0) is 10.1 Å². The summed E-state index contributed by atoms with van der Waals surface area (Å²) >= 11 is 0. The molecule has 0 bridgehead atoms. The maximum Gasteiger partial charge on any atom is 0.312 e. The summed E-state index contributed by atoms with van der Waals surface area (Å²) in [5, 5.41) is -0.308. The predicted molar refractivity (Wildman–Crippen MR) is 41.3 cm³/mol. The van der Waals surface area contributed by atoms with Crippen LogP contribution in [0.1, 0.15) is 5.56 Å². The molecule has 1 aromatic heterocycles. The van der Waals surface area contributed by atoms with Crippen molar-refractivity contribution in [2.24, 2.45) is 0 Å². The summed E-state index contributed by atoms with van der Waals surface area (Å²) in [6.07, 6.45) is 1.33.